The zero-order valence-corrected chi connectivity index (χ0v) is 15.4. The predicted molar refractivity (Wildman–Crippen MR) is 89.6 cm³/mol. The van der Waals surface area contributed by atoms with Crippen LogP contribution in [0, 0.1) is 5.82 Å². The smallest absolute Gasteiger partial charge is 0.246 e. The summed E-state index contributed by atoms with van der Waals surface area (Å²) < 4.78 is 51.4. The average molecular weight is 360 g/mol. The molecule has 1 aromatic rings. The van der Waals surface area contributed by atoms with Gasteiger partial charge in [-0.3, -0.25) is 0 Å². The normalized spacial score (nSPS) is 17.2. The molecule has 0 saturated carbocycles. The summed E-state index contributed by atoms with van der Waals surface area (Å²) in [5.41, 5.74) is 0. The molecule has 1 heterocycles. The molecule has 0 atom stereocenters. The highest BCUT2D eigenvalue weighted by atomic mass is 32.2. The third kappa shape index (κ3) is 3.65. The Morgan fingerprint density at radius 1 is 1.21 bits per heavy atom. The van der Waals surface area contributed by atoms with Crippen molar-refractivity contribution < 1.29 is 22.3 Å². The Bertz CT molecular complexity index is 673. The molecule has 0 radical (unpaired) electrons. The minimum atomic E-state index is -3.95. The van der Waals surface area contributed by atoms with Crippen molar-refractivity contribution >= 4 is 10.0 Å². The highest BCUT2D eigenvalue weighted by molar-refractivity contribution is 7.89. The first kappa shape index (κ1) is 19.0. The van der Waals surface area contributed by atoms with E-state index in [9.17, 15) is 12.8 Å². The van der Waals surface area contributed by atoms with Gasteiger partial charge < -0.3 is 14.4 Å². The molecule has 0 spiro atoms. The van der Waals surface area contributed by atoms with Crippen LogP contribution >= 0.6 is 0 Å². The van der Waals surface area contributed by atoms with Crippen molar-refractivity contribution in [3.63, 3.8) is 0 Å². The minimum Gasteiger partial charge on any atom is -0.493 e. The van der Waals surface area contributed by atoms with Crippen molar-refractivity contribution in [1.82, 2.24) is 9.21 Å². The van der Waals surface area contributed by atoms with Gasteiger partial charge in [0.2, 0.25) is 10.0 Å². The number of hydrogen-bond acceptors (Lipinski definition) is 5. The van der Waals surface area contributed by atoms with Crippen LogP contribution in [-0.2, 0) is 10.0 Å². The minimum absolute atomic E-state index is 0.134. The highest BCUT2D eigenvalue weighted by Crippen LogP contribution is 2.34. The lowest BCUT2D eigenvalue weighted by atomic mass is 10.1. The van der Waals surface area contributed by atoms with Gasteiger partial charge in [0.15, 0.2) is 11.5 Å². The first-order valence-corrected chi connectivity index (χ1v) is 9.41. The van der Waals surface area contributed by atoms with Crippen LogP contribution in [0.25, 0.3) is 0 Å². The van der Waals surface area contributed by atoms with Crippen LogP contribution in [0.15, 0.2) is 17.0 Å². The van der Waals surface area contributed by atoms with Crippen molar-refractivity contribution in [3.8, 4) is 11.5 Å². The predicted octanol–water partition coefficient (Wildman–Crippen LogP) is 1.95. The Balaban J connectivity index is 2.30. The molecule has 8 heteroatoms. The van der Waals surface area contributed by atoms with Gasteiger partial charge in [-0.1, -0.05) is 6.92 Å². The summed E-state index contributed by atoms with van der Waals surface area (Å²) in [7, 11) is 0.324. The summed E-state index contributed by atoms with van der Waals surface area (Å²) in [5, 5.41) is 0. The number of hydrogen-bond donors (Lipinski definition) is 0. The SMILES string of the molecule is CCN1CCC(N(C)S(=O)(=O)c2cc(OC)c(OC)cc2F)CC1. The van der Waals surface area contributed by atoms with Gasteiger partial charge in [-0.05, 0) is 32.5 Å². The highest BCUT2D eigenvalue weighted by Gasteiger charge is 2.33. The molecule has 1 saturated heterocycles. The second-order valence-electron chi connectivity index (χ2n) is 5.82. The standard InChI is InChI=1S/C16H25FN2O4S/c1-5-19-8-6-12(7-9-19)18(2)24(20,21)16-11-15(23-4)14(22-3)10-13(16)17/h10-12H,5-9H2,1-4H3. The van der Waals surface area contributed by atoms with E-state index in [4.69, 9.17) is 9.47 Å². The summed E-state index contributed by atoms with van der Waals surface area (Å²) in [6, 6.07) is 2.09. The Morgan fingerprint density at radius 2 is 1.75 bits per heavy atom. The number of likely N-dealkylation sites (tertiary alicyclic amines) is 1. The quantitative estimate of drug-likeness (QED) is 0.776. The van der Waals surface area contributed by atoms with E-state index in [1.165, 1.54) is 31.6 Å². The largest absolute Gasteiger partial charge is 0.493 e. The second kappa shape index (κ2) is 7.67. The lowest BCUT2D eigenvalue weighted by Crippen LogP contribution is -2.45. The fraction of sp³-hybridized carbons (Fsp3) is 0.625. The van der Waals surface area contributed by atoms with Crippen LogP contribution in [0.3, 0.4) is 0 Å². The van der Waals surface area contributed by atoms with Gasteiger partial charge >= 0.3 is 0 Å². The Morgan fingerprint density at radius 3 is 2.25 bits per heavy atom. The van der Waals surface area contributed by atoms with Gasteiger partial charge in [0.1, 0.15) is 10.7 Å². The number of sulfonamides is 1. The van der Waals surface area contributed by atoms with Crippen LogP contribution in [0.1, 0.15) is 19.8 Å². The molecular formula is C16H25FN2O4S. The Labute approximate surface area is 143 Å². The molecule has 0 aliphatic carbocycles. The molecule has 1 fully saturated rings. The van der Waals surface area contributed by atoms with E-state index in [0.717, 1.165) is 38.5 Å². The van der Waals surface area contributed by atoms with E-state index in [-0.39, 0.29) is 22.4 Å². The van der Waals surface area contributed by atoms with E-state index in [1.807, 2.05) is 0 Å². The topological polar surface area (TPSA) is 59.1 Å². The molecule has 0 N–H and O–H groups in total. The summed E-state index contributed by atoms with van der Waals surface area (Å²) >= 11 is 0. The lowest BCUT2D eigenvalue weighted by Gasteiger charge is -2.35. The van der Waals surface area contributed by atoms with E-state index in [2.05, 4.69) is 11.8 Å². The third-order valence-electron chi connectivity index (χ3n) is 4.61. The molecule has 6 nitrogen and oxygen atoms in total. The van der Waals surface area contributed by atoms with Crippen molar-refractivity contribution in [3.05, 3.63) is 17.9 Å². The fourth-order valence-electron chi connectivity index (χ4n) is 2.98. The number of benzene rings is 1. The number of ether oxygens (including phenoxy) is 2. The van der Waals surface area contributed by atoms with Crippen LogP contribution in [0.4, 0.5) is 4.39 Å². The molecular weight excluding hydrogens is 335 g/mol. The molecule has 0 aromatic heterocycles. The maximum absolute atomic E-state index is 14.3. The molecule has 24 heavy (non-hydrogen) atoms. The maximum Gasteiger partial charge on any atom is 0.246 e. The molecule has 0 unspecified atom stereocenters. The zero-order chi connectivity index (χ0) is 17.9. The zero-order valence-electron chi connectivity index (χ0n) is 14.6. The van der Waals surface area contributed by atoms with E-state index in [0.29, 0.717) is 0 Å². The number of methoxy groups -OCH3 is 2. The van der Waals surface area contributed by atoms with Gasteiger partial charge in [0, 0.05) is 25.2 Å². The van der Waals surface area contributed by atoms with Gasteiger partial charge in [0.25, 0.3) is 0 Å². The Hall–Kier alpha value is -1.38. The number of piperidine rings is 1. The van der Waals surface area contributed by atoms with E-state index in [1.54, 1.807) is 0 Å². The van der Waals surface area contributed by atoms with E-state index >= 15 is 0 Å². The number of nitrogens with zero attached hydrogens (tertiary/aromatic N) is 2. The molecule has 0 amide bonds. The maximum atomic E-state index is 14.3. The summed E-state index contributed by atoms with van der Waals surface area (Å²) in [5.74, 6) is -0.495. The van der Waals surface area contributed by atoms with Gasteiger partial charge in [-0.15, -0.1) is 0 Å². The van der Waals surface area contributed by atoms with Gasteiger partial charge in [-0.25, -0.2) is 12.8 Å². The summed E-state index contributed by atoms with van der Waals surface area (Å²) in [4.78, 5) is 1.88. The second-order valence-corrected chi connectivity index (χ2v) is 7.79. The molecule has 136 valence electrons. The van der Waals surface area contributed by atoms with Crippen LogP contribution in [0.5, 0.6) is 11.5 Å². The van der Waals surface area contributed by atoms with Crippen molar-refractivity contribution in [2.75, 3.05) is 40.9 Å². The monoisotopic (exact) mass is 360 g/mol. The molecule has 2 rings (SSSR count). The van der Waals surface area contributed by atoms with Crippen molar-refractivity contribution in [2.24, 2.45) is 0 Å². The van der Waals surface area contributed by atoms with Crippen LogP contribution < -0.4 is 9.47 Å². The van der Waals surface area contributed by atoms with Crippen molar-refractivity contribution in [1.29, 1.82) is 0 Å². The first-order chi connectivity index (χ1) is 11.3. The van der Waals surface area contributed by atoms with Gasteiger partial charge in [0.05, 0.1) is 14.2 Å². The molecule has 1 aliphatic rings. The van der Waals surface area contributed by atoms with Crippen LogP contribution in [0.2, 0.25) is 0 Å². The molecule has 1 aliphatic heterocycles. The lowest BCUT2D eigenvalue weighted by molar-refractivity contribution is 0.176. The first-order valence-electron chi connectivity index (χ1n) is 7.97. The number of rotatable bonds is 6. The average Bonchev–Trinajstić information content (AvgIpc) is 2.60. The van der Waals surface area contributed by atoms with Gasteiger partial charge in [-0.2, -0.15) is 4.31 Å². The Kier molecular flexibility index (Phi) is 6.06. The molecule has 1 aromatic carbocycles. The van der Waals surface area contributed by atoms with E-state index < -0.39 is 15.8 Å². The fourth-order valence-corrected chi connectivity index (χ4v) is 4.46. The number of halogens is 1. The molecule has 0 bridgehead atoms. The summed E-state index contributed by atoms with van der Waals surface area (Å²) in [6.45, 7) is 4.72. The summed E-state index contributed by atoms with van der Waals surface area (Å²) in [6.07, 6.45) is 1.47. The third-order valence-corrected chi connectivity index (χ3v) is 6.54. The van der Waals surface area contributed by atoms with Crippen molar-refractivity contribution in [2.45, 2.75) is 30.7 Å². The van der Waals surface area contributed by atoms with Crippen LogP contribution in [-0.4, -0.2) is 64.6 Å².